The Labute approximate surface area is 220 Å². The first kappa shape index (κ1) is 25.2. The van der Waals surface area contributed by atoms with Gasteiger partial charge in [0.1, 0.15) is 11.9 Å². The summed E-state index contributed by atoms with van der Waals surface area (Å²) in [6.45, 7) is 1.45. The Kier molecular flexibility index (Phi) is 6.94. The normalized spacial score (nSPS) is 14.2. The molecular weight excluding hydrogens is 502 g/mol. The predicted molar refractivity (Wildman–Crippen MR) is 143 cm³/mol. The highest BCUT2D eigenvalue weighted by atomic mass is 32.2. The third-order valence-corrected chi connectivity index (χ3v) is 7.58. The van der Waals surface area contributed by atoms with Crippen LogP contribution in [0.1, 0.15) is 18.4 Å². The fraction of sp³-hybridized carbons (Fsp3) is 0.214. The van der Waals surface area contributed by atoms with Crippen LogP contribution >= 0.6 is 0 Å². The summed E-state index contributed by atoms with van der Waals surface area (Å²) in [4.78, 5) is 24.1. The molecule has 1 fully saturated rings. The molecule has 4 aromatic rings. The van der Waals surface area contributed by atoms with Crippen molar-refractivity contribution in [2.24, 2.45) is 0 Å². The Morgan fingerprint density at radius 1 is 0.947 bits per heavy atom. The molecule has 10 heteroatoms. The van der Waals surface area contributed by atoms with Gasteiger partial charge in [0, 0.05) is 68.1 Å². The molecule has 0 unspecified atom stereocenters. The Balaban J connectivity index is 1.18. The predicted octanol–water partition coefficient (Wildman–Crippen LogP) is 3.62. The molecule has 0 spiro atoms. The summed E-state index contributed by atoms with van der Waals surface area (Å²) in [5.41, 5.74) is 2.77. The van der Waals surface area contributed by atoms with Gasteiger partial charge < -0.3 is 9.64 Å². The number of rotatable bonds is 6. The van der Waals surface area contributed by atoms with Gasteiger partial charge in [-0.2, -0.15) is 5.26 Å². The molecule has 9 nitrogen and oxygen atoms in total. The van der Waals surface area contributed by atoms with Crippen molar-refractivity contribution in [3.8, 4) is 28.6 Å². The zero-order valence-corrected chi connectivity index (χ0v) is 21.5. The number of aromatic nitrogens is 3. The number of hydrogen-bond donors (Lipinski definition) is 0. The number of pyridine rings is 1. The molecule has 0 N–H and O–H groups in total. The van der Waals surface area contributed by atoms with Crippen molar-refractivity contribution in [3.05, 3.63) is 95.2 Å². The van der Waals surface area contributed by atoms with Gasteiger partial charge in [0.2, 0.25) is 5.95 Å². The van der Waals surface area contributed by atoms with Gasteiger partial charge >= 0.3 is 0 Å². The molecule has 0 amide bonds. The van der Waals surface area contributed by atoms with Gasteiger partial charge in [-0.25, -0.2) is 18.4 Å². The van der Waals surface area contributed by atoms with Crippen molar-refractivity contribution >= 4 is 15.8 Å². The monoisotopic (exact) mass is 527 g/mol. The van der Waals surface area contributed by atoms with Crippen LogP contribution in [-0.2, 0) is 9.84 Å². The summed E-state index contributed by atoms with van der Waals surface area (Å²) >= 11 is 0. The lowest BCUT2D eigenvalue weighted by Gasteiger charge is -2.32. The summed E-state index contributed by atoms with van der Waals surface area (Å²) in [6, 6.07) is 18.8. The van der Waals surface area contributed by atoms with E-state index < -0.39 is 9.84 Å². The molecule has 0 atom stereocenters. The van der Waals surface area contributed by atoms with Gasteiger partial charge in [-0.3, -0.25) is 9.36 Å². The van der Waals surface area contributed by atoms with Crippen molar-refractivity contribution < 1.29 is 13.2 Å². The van der Waals surface area contributed by atoms with Crippen molar-refractivity contribution in [2.75, 3.05) is 24.2 Å². The zero-order valence-electron chi connectivity index (χ0n) is 20.7. The molecule has 1 saturated heterocycles. The van der Waals surface area contributed by atoms with E-state index in [4.69, 9.17) is 10.00 Å². The van der Waals surface area contributed by atoms with Crippen LogP contribution < -0.4 is 15.2 Å². The maximum absolute atomic E-state index is 12.7. The van der Waals surface area contributed by atoms with Gasteiger partial charge in [-0.1, -0.05) is 12.1 Å². The van der Waals surface area contributed by atoms with Crippen LogP contribution in [0.4, 0.5) is 5.95 Å². The zero-order chi connectivity index (χ0) is 26.7. The van der Waals surface area contributed by atoms with Crippen molar-refractivity contribution in [3.63, 3.8) is 0 Å². The number of ether oxygens (including phenoxy) is 1. The van der Waals surface area contributed by atoms with E-state index in [0.29, 0.717) is 22.9 Å². The van der Waals surface area contributed by atoms with Crippen LogP contribution in [0, 0.1) is 11.3 Å². The second kappa shape index (κ2) is 10.5. The van der Waals surface area contributed by atoms with Crippen molar-refractivity contribution in [2.45, 2.75) is 23.8 Å². The van der Waals surface area contributed by atoms with Gasteiger partial charge in [0.25, 0.3) is 5.56 Å². The van der Waals surface area contributed by atoms with Crippen LogP contribution in [0.3, 0.4) is 0 Å². The Morgan fingerprint density at radius 3 is 2.18 bits per heavy atom. The lowest BCUT2D eigenvalue weighted by Crippen LogP contribution is -2.39. The quantitative estimate of drug-likeness (QED) is 0.373. The highest BCUT2D eigenvalue weighted by molar-refractivity contribution is 7.90. The van der Waals surface area contributed by atoms with Gasteiger partial charge in [-0.05, 0) is 48.0 Å². The standard InChI is InChI=1S/C28H25N5O4S/c1-38(35,36)26-8-6-23(7-9-26)33-15-12-25(16-27(33)34)37-24-10-13-32(14-11-24)28-30-18-22(19-31-28)21-4-2-20(17-29)3-5-21/h2-9,12,15-16,18-19,24H,10-11,13-14H2,1H3. The van der Waals surface area contributed by atoms with E-state index in [1.54, 1.807) is 48.9 Å². The summed E-state index contributed by atoms with van der Waals surface area (Å²) in [6.07, 6.45) is 7.84. The van der Waals surface area contributed by atoms with Crippen molar-refractivity contribution in [1.29, 1.82) is 5.26 Å². The molecule has 2 aromatic heterocycles. The molecule has 0 radical (unpaired) electrons. The highest BCUT2D eigenvalue weighted by Gasteiger charge is 2.22. The van der Waals surface area contributed by atoms with Crippen LogP contribution in [-0.4, -0.2) is 48.4 Å². The smallest absolute Gasteiger partial charge is 0.258 e. The minimum atomic E-state index is -3.30. The average Bonchev–Trinajstić information content (AvgIpc) is 2.93. The Hall–Kier alpha value is -4.49. The largest absolute Gasteiger partial charge is 0.490 e. The van der Waals surface area contributed by atoms with E-state index in [9.17, 15) is 13.2 Å². The third kappa shape index (κ3) is 5.58. The molecule has 38 heavy (non-hydrogen) atoms. The first-order valence-electron chi connectivity index (χ1n) is 12.1. The first-order chi connectivity index (χ1) is 18.3. The minimum Gasteiger partial charge on any atom is -0.490 e. The molecule has 192 valence electrons. The topological polar surface area (TPSA) is 118 Å². The van der Waals surface area contributed by atoms with Crippen molar-refractivity contribution in [1.82, 2.24) is 14.5 Å². The number of nitriles is 1. The SMILES string of the molecule is CS(=O)(=O)c1ccc(-n2ccc(OC3CCN(c4ncc(-c5ccc(C#N)cc5)cn4)CC3)cc2=O)cc1. The van der Waals surface area contributed by atoms with E-state index in [1.807, 2.05) is 12.1 Å². The van der Waals surface area contributed by atoms with Crippen LogP contribution in [0.25, 0.3) is 16.8 Å². The fourth-order valence-electron chi connectivity index (χ4n) is 4.34. The third-order valence-electron chi connectivity index (χ3n) is 6.45. The van der Waals surface area contributed by atoms with Gasteiger partial charge in [0.05, 0.1) is 16.5 Å². The summed E-state index contributed by atoms with van der Waals surface area (Å²) in [5, 5.41) is 8.96. The number of nitrogens with zero attached hydrogens (tertiary/aromatic N) is 5. The van der Waals surface area contributed by atoms with E-state index >= 15 is 0 Å². The number of piperidine rings is 1. The molecular formula is C28H25N5O4S. The van der Waals surface area contributed by atoms with E-state index in [2.05, 4.69) is 20.9 Å². The molecule has 3 heterocycles. The van der Waals surface area contributed by atoms with Gasteiger partial charge in [0.15, 0.2) is 9.84 Å². The second-order valence-electron chi connectivity index (χ2n) is 9.10. The van der Waals surface area contributed by atoms with E-state index in [1.165, 1.54) is 22.8 Å². The van der Waals surface area contributed by atoms with Gasteiger partial charge in [-0.15, -0.1) is 0 Å². The molecule has 5 rings (SSSR count). The molecule has 0 bridgehead atoms. The van der Waals surface area contributed by atoms with E-state index in [-0.39, 0.29) is 16.6 Å². The molecule has 2 aromatic carbocycles. The average molecular weight is 528 g/mol. The number of hydrogen-bond acceptors (Lipinski definition) is 8. The Bertz CT molecular complexity index is 1630. The van der Waals surface area contributed by atoms with Crippen LogP contribution in [0.2, 0.25) is 0 Å². The summed E-state index contributed by atoms with van der Waals surface area (Å²) < 4.78 is 30.9. The number of sulfone groups is 1. The number of anilines is 1. The fourth-order valence-corrected chi connectivity index (χ4v) is 4.97. The second-order valence-corrected chi connectivity index (χ2v) is 11.1. The highest BCUT2D eigenvalue weighted by Crippen LogP contribution is 2.23. The molecule has 1 aliphatic heterocycles. The minimum absolute atomic E-state index is 0.0338. The molecule has 1 aliphatic rings. The lowest BCUT2D eigenvalue weighted by molar-refractivity contribution is 0.170. The Morgan fingerprint density at radius 2 is 1.61 bits per heavy atom. The maximum atomic E-state index is 12.7. The molecule has 0 saturated carbocycles. The summed E-state index contributed by atoms with van der Waals surface area (Å²) in [5.74, 6) is 1.16. The van der Waals surface area contributed by atoms with Crippen LogP contribution in [0.5, 0.6) is 5.75 Å². The number of benzene rings is 2. The molecule has 0 aliphatic carbocycles. The van der Waals surface area contributed by atoms with Crippen LogP contribution in [0.15, 0.2) is 88.9 Å². The summed E-state index contributed by atoms with van der Waals surface area (Å²) in [7, 11) is -3.30. The first-order valence-corrected chi connectivity index (χ1v) is 14.0. The lowest BCUT2D eigenvalue weighted by atomic mass is 10.1. The van der Waals surface area contributed by atoms with E-state index in [0.717, 1.165) is 43.3 Å². The maximum Gasteiger partial charge on any atom is 0.258 e.